The van der Waals surface area contributed by atoms with Gasteiger partial charge in [-0.15, -0.1) is 0 Å². The Morgan fingerprint density at radius 1 is 1.44 bits per heavy atom. The molecule has 0 amide bonds. The zero-order valence-electron chi connectivity index (χ0n) is 9.66. The van der Waals surface area contributed by atoms with E-state index in [9.17, 15) is 5.11 Å². The molecule has 0 radical (unpaired) electrons. The van der Waals surface area contributed by atoms with Gasteiger partial charge < -0.3 is 9.84 Å². The predicted octanol–water partition coefficient (Wildman–Crippen LogP) is 3.78. The summed E-state index contributed by atoms with van der Waals surface area (Å²) in [6, 6.07) is 4.05. The summed E-state index contributed by atoms with van der Waals surface area (Å²) >= 11 is 3.50. The summed E-state index contributed by atoms with van der Waals surface area (Å²) in [6.45, 7) is 4.98. The third-order valence-corrected chi connectivity index (χ3v) is 3.42. The quantitative estimate of drug-likeness (QED) is 0.851. The molecular weight excluding hydrogens is 268 g/mol. The number of benzene rings is 1. The predicted molar refractivity (Wildman–Crippen MR) is 67.9 cm³/mol. The Balaban J connectivity index is 2.56. The number of aliphatic hydroxyl groups is 1. The Morgan fingerprint density at radius 3 is 2.88 bits per heavy atom. The van der Waals surface area contributed by atoms with Crippen LogP contribution in [0.25, 0.3) is 0 Å². The number of hydrogen-bond acceptors (Lipinski definition) is 2. The average Bonchev–Trinajstić information content (AvgIpc) is 2.40. The molecule has 0 unspecified atom stereocenters. The lowest BCUT2D eigenvalue weighted by molar-refractivity contribution is 0.167. The van der Waals surface area contributed by atoms with Gasteiger partial charge in [-0.1, -0.05) is 29.8 Å². The second-order valence-corrected chi connectivity index (χ2v) is 5.49. The molecule has 1 aromatic rings. The fourth-order valence-electron chi connectivity index (χ4n) is 2.09. The van der Waals surface area contributed by atoms with E-state index in [1.165, 1.54) is 5.56 Å². The van der Waals surface area contributed by atoms with Gasteiger partial charge in [-0.25, -0.2) is 0 Å². The van der Waals surface area contributed by atoms with Gasteiger partial charge in [-0.3, -0.25) is 0 Å². The first-order valence-electron chi connectivity index (χ1n) is 5.73. The van der Waals surface area contributed by atoms with Crippen molar-refractivity contribution in [2.75, 3.05) is 6.61 Å². The van der Waals surface area contributed by atoms with Crippen LogP contribution in [-0.2, 0) is 0 Å². The molecule has 0 fully saturated rings. The monoisotopic (exact) mass is 284 g/mol. The van der Waals surface area contributed by atoms with Crippen molar-refractivity contribution in [3.05, 3.63) is 27.7 Å². The lowest BCUT2D eigenvalue weighted by Crippen LogP contribution is -2.02. The smallest absolute Gasteiger partial charge is 0.128 e. The fourth-order valence-corrected chi connectivity index (χ4v) is 2.58. The highest BCUT2D eigenvalue weighted by Gasteiger charge is 2.22. The number of ether oxygens (including phenoxy) is 1. The molecule has 0 spiro atoms. The Morgan fingerprint density at radius 2 is 2.19 bits per heavy atom. The summed E-state index contributed by atoms with van der Waals surface area (Å²) in [7, 11) is 0. The van der Waals surface area contributed by atoms with E-state index in [-0.39, 0.29) is 0 Å². The van der Waals surface area contributed by atoms with Crippen LogP contribution in [-0.4, -0.2) is 11.7 Å². The Kier molecular flexibility index (Phi) is 3.55. The van der Waals surface area contributed by atoms with Crippen molar-refractivity contribution in [2.45, 2.75) is 38.7 Å². The van der Waals surface area contributed by atoms with Gasteiger partial charge in [0.25, 0.3) is 0 Å². The van der Waals surface area contributed by atoms with Crippen LogP contribution >= 0.6 is 15.9 Å². The van der Waals surface area contributed by atoms with Gasteiger partial charge in [-0.2, -0.15) is 0 Å². The first kappa shape index (κ1) is 11.9. The van der Waals surface area contributed by atoms with Gasteiger partial charge in [0, 0.05) is 10.0 Å². The first-order valence-corrected chi connectivity index (χ1v) is 6.53. The van der Waals surface area contributed by atoms with Crippen molar-refractivity contribution >= 4 is 15.9 Å². The largest absolute Gasteiger partial charge is 0.493 e. The van der Waals surface area contributed by atoms with E-state index >= 15 is 0 Å². The van der Waals surface area contributed by atoms with Crippen molar-refractivity contribution < 1.29 is 9.84 Å². The van der Waals surface area contributed by atoms with Crippen molar-refractivity contribution in [2.24, 2.45) is 0 Å². The summed E-state index contributed by atoms with van der Waals surface area (Å²) in [5.41, 5.74) is 2.10. The molecule has 1 N–H and O–H groups in total. The number of hydrogen-bond donors (Lipinski definition) is 1. The van der Waals surface area contributed by atoms with Gasteiger partial charge in [0.1, 0.15) is 5.75 Å². The molecule has 0 aliphatic carbocycles. The fraction of sp³-hybridized carbons (Fsp3) is 0.538. The molecule has 1 aliphatic heterocycles. The molecule has 0 bridgehead atoms. The summed E-state index contributed by atoms with van der Waals surface area (Å²) in [5, 5.41) is 10.1. The molecular formula is C13H17BrO2. The van der Waals surface area contributed by atoms with Crippen LogP contribution in [0.2, 0.25) is 0 Å². The molecule has 1 aliphatic rings. The highest BCUT2D eigenvalue weighted by molar-refractivity contribution is 9.10. The molecule has 16 heavy (non-hydrogen) atoms. The zero-order chi connectivity index (χ0) is 11.7. The SMILES string of the molecule is CC(C)c1cc(Br)cc2c1OCCC[C@H]2O. The van der Waals surface area contributed by atoms with E-state index in [1.54, 1.807) is 0 Å². The first-order chi connectivity index (χ1) is 7.59. The van der Waals surface area contributed by atoms with Crippen molar-refractivity contribution in [3.63, 3.8) is 0 Å². The molecule has 2 rings (SSSR count). The summed E-state index contributed by atoms with van der Waals surface area (Å²) in [6.07, 6.45) is 1.29. The van der Waals surface area contributed by atoms with Crippen LogP contribution in [0.5, 0.6) is 5.75 Å². The maximum atomic E-state index is 10.1. The molecule has 1 atom stereocenters. The minimum atomic E-state index is -0.396. The molecule has 88 valence electrons. The zero-order valence-corrected chi connectivity index (χ0v) is 11.3. The lowest BCUT2D eigenvalue weighted by Gasteiger charge is -2.18. The second-order valence-electron chi connectivity index (χ2n) is 4.57. The van der Waals surface area contributed by atoms with Gasteiger partial charge in [-0.05, 0) is 36.5 Å². The van der Waals surface area contributed by atoms with Gasteiger partial charge in [0.05, 0.1) is 12.7 Å². The minimum Gasteiger partial charge on any atom is -0.493 e. The Labute approximate surface area is 105 Å². The lowest BCUT2D eigenvalue weighted by atomic mass is 9.96. The van der Waals surface area contributed by atoms with Crippen molar-refractivity contribution in [1.29, 1.82) is 0 Å². The molecule has 0 saturated carbocycles. The molecule has 2 nitrogen and oxygen atoms in total. The maximum absolute atomic E-state index is 10.1. The third kappa shape index (κ3) is 2.25. The molecule has 1 aromatic carbocycles. The van der Waals surface area contributed by atoms with Crippen LogP contribution in [0.3, 0.4) is 0 Å². The van der Waals surface area contributed by atoms with E-state index < -0.39 is 6.10 Å². The van der Waals surface area contributed by atoms with E-state index in [2.05, 4.69) is 35.8 Å². The van der Waals surface area contributed by atoms with Crippen molar-refractivity contribution in [3.8, 4) is 5.75 Å². The summed E-state index contributed by atoms with van der Waals surface area (Å²) < 4.78 is 6.80. The molecule has 3 heteroatoms. The standard InChI is InChI=1S/C13H17BrO2/c1-8(2)10-6-9(14)7-11-12(15)4-3-5-16-13(10)11/h6-8,12,15H,3-5H2,1-2H3/t12-/m1/s1. The molecule has 0 saturated heterocycles. The highest BCUT2D eigenvalue weighted by Crippen LogP contribution is 2.39. The molecule has 1 heterocycles. The highest BCUT2D eigenvalue weighted by atomic mass is 79.9. The number of aliphatic hydroxyl groups excluding tert-OH is 1. The van der Waals surface area contributed by atoms with Crippen LogP contribution in [0.15, 0.2) is 16.6 Å². The van der Waals surface area contributed by atoms with E-state index in [0.29, 0.717) is 12.5 Å². The Hall–Kier alpha value is -0.540. The van der Waals surface area contributed by atoms with Crippen LogP contribution in [0, 0.1) is 0 Å². The number of fused-ring (bicyclic) bond motifs is 1. The van der Waals surface area contributed by atoms with Crippen LogP contribution in [0.1, 0.15) is 49.8 Å². The Bertz CT molecular complexity index is 388. The van der Waals surface area contributed by atoms with Crippen molar-refractivity contribution in [1.82, 2.24) is 0 Å². The summed E-state index contributed by atoms with van der Waals surface area (Å²) in [4.78, 5) is 0. The van der Waals surface area contributed by atoms with E-state index in [1.807, 2.05) is 6.07 Å². The topological polar surface area (TPSA) is 29.5 Å². The average molecular weight is 285 g/mol. The maximum Gasteiger partial charge on any atom is 0.128 e. The third-order valence-electron chi connectivity index (χ3n) is 2.96. The van der Waals surface area contributed by atoms with E-state index in [4.69, 9.17) is 4.74 Å². The van der Waals surface area contributed by atoms with Crippen LogP contribution in [0.4, 0.5) is 0 Å². The van der Waals surface area contributed by atoms with Gasteiger partial charge in [0.15, 0.2) is 0 Å². The number of halogens is 1. The number of rotatable bonds is 1. The minimum absolute atomic E-state index is 0.396. The van der Waals surface area contributed by atoms with E-state index in [0.717, 1.165) is 28.6 Å². The normalized spacial score (nSPS) is 20.2. The summed E-state index contributed by atoms with van der Waals surface area (Å²) in [5.74, 6) is 1.29. The molecule has 0 aromatic heterocycles. The second kappa shape index (κ2) is 4.76. The van der Waals surface area contributed by atoms with Gasteiger partial charge >= 0.3 is 0 Å². The van der Waals surface area contributed by atoms with Crippen LogP contribution < -0.4 is 4.74 Å². The van der Waals surface area contributed by atoms with Gasteiger partial charge in [0.2, 0.25) is 0 Å².